The molecule has 1 amide bonds. The fraction of sp³-hybridized carbons (Fsp3) is 0.200. The molecule has 0 radical (unpaired) electrons. The maximum absolute atomic E-state index is 12.3. The summed E-state index contributed by atoms with van der Waals surface area (Å²) >= 11 is 3.08. The molecule has 0 spiro atoms. The average Bonchev–Trinajstić information content (AvgIpc) is 2.42. The number of fused-ring (bicyclic) bond motifs is 1. The van der Waals surface area contributed by atoms with Crippen LogP contribution in [-0.2, 0) is 4.79 Å². The van der Waals surface area contributed by atoms with Gasteiger partial charge < -0.3 is 0 Å². The second-order valence-corrected chi connectivity index (χ2v) is 4.41. The number of ketones is 1. The number of Topliss-reactive ketones (excluding diaryl/α,β-unsaturated/α-hetero) is 1. The zero-order valence-corrected chi connectivity index (χ0v) is 9.80. The van der Waals surface area contributed by atoms with Crippen LogP contribution in [-0.4, -0.2) is 24.4 Å². The maximum Gasteiger partial charge on any atom is 0.406 e. The molecule has 0 fully saturated rings. The molecule has 1 aromatic rings. The number of carbonyl (C=O) groups excluding carboxylic acids is 2. The number of amides is 1. The Hall–Kier alpha value is -1.37. The fourth-order valence-corrected chi connectivity index (χ4v) is 1.95. The number of halogens is 4. The van der Waals surface area contributed by atoms with Gasteiger partial charge in [-0.3, -0.25) is 14.5 Å². The molecule has 90 valence electrons. The van der Waals surface area contributed by atoms with Crippen LogP contribution in [0.25, 0.3) is 0 Å². The summed E-state index contributed by atoms with van der Waals surface area (Å²) in [5.74, 6) is -2.05. The van der Waals surface area contributed by atoms with E-state index in [0.29, 0.717) is 9.37 Å². The third-order valence-electron chi connectivity index (χ3n) is 2.27. The number of nitrogens with zero attached hydrogens (tertiary/aromatic N) is 1. The Bertz CT molecular complexity index is 513. The highest BCUT2D eigenvalue weighted by molar-refractivity contribution is 9.10. The van der Waals surface area contributed by atoms with E-state index in [9.17, 15) is 22.8 Å². The van der Waals surface area contributed by atoms with Crippen molar-refractivity contribution in [3.63, 3.8) is 0 Å². The molecule has 0 N–H and O–H groups in total. The fourth-order valence-electron chi connectivity index (χ4n) is 1.60. The normalized spacial score (nSPS) is 15.4. The van der Waals surface area contributed by atoms with E-state index >= 15 is 0 Å². The third kappa shape index (κ3) is 2.19. The lowest BCUT2D eigenvalue weighted by Gasteiger charge is -2.18. The van der Waals surface area contributed by atoms with Crippen LogP contribution in [0.4, 0.5) is 18.9 Å². The van der Waals surface area contributed by atoms with Crippen LogP contribution < -0.4 is 4.90 Å². The second kappa shape index (κ2) is 3.83. The van der Waals surface area contributed by atoms with E-state index in [1.165, 1.54) is 18.2 Å². The number of rotatable bonds is 1. The molecule has 2 rings (SSSR count). The summed E-state index contributed by atoms with van der Waals surface area (Å²) in [5, 5.41) is 0. The zero-order chi connectivity index (χ0) is 12.8. The Balaban J connectivity index is 2.46. The molecule has 0 saturated carbocycles. The summed E-state index contributed by atoms with van der Waals surface area (Å²) < 4.78 is 37.4. The van der Waals surface area contributed by atoms with Gasteiger partial charge in [0.05, 0.1) is 11.3 Å². The average molecular weight is 308 g/mol. The summed E-state index contributed by atoms with van der Waals surface area (Å²) in [6.07, 6.45) is -4.54. The minimum atomic E-state index is -4.54. The molecule has 1 aliphatic heterocycles. The highest BCUT2D eigenvalue weighted by atomic mass is 79.9. The third-order valence-corrected chi connectivity index (χ3v) is 2.77. The highest BCUT2D eigenvalue weighted by Gasteiger charge is 2.42. The molecule has 1 heterocycles. The maximum atomic E-state index is 12.3. The van der Waals surface area contributed by atoms with Gasteiger partial charge in [0.25, 0.3) is 11.7 Å². The second-order valence-electron chi connectivity index (χ2n) is 3.50. The molecule has 17 heavy (non-hydrogen) atoms. The molecule has 0 atom stereocenters. The number of benzene rings is 1. The van der Waals surface area contributed by atoms with Gasteiger partial charge in [0.2, 0.25) is 0 Å². The van der Waals surface area contributed by atoms with E-state index in [4.69, 9.17) is 0 Å². The van der Waals surface area contributed by atoms with Crippen LogP contribution in [0.2, 0.25) is 0 Å². The number of hydrogen-bond donors (Lipinski definition) is 0. The molecule has 7 heteroatoms. The molecule has 1 aromatic carbocycles. The molecule has 3 nitrogen and oxygen atoms in total. The molecule has 0 unspecified atom stereocenters. The monoisotopic (exact) mass is 307 g/mol. The lowest BCUT2D eigenvalue weighted by Crippen LogP contribution is -2.38. The van der Waals surface area contributed by atoms with Gasteiger partial charge in [0.15, 0.2) is 0 Å². The predicted octanol–water partition coefficient (Wildman–Crippen LogP) is 2.54. The van der Waals surface area contributed by atoms with Crippen molar-refractivity contribution in [2.75, 3.05) is 11.4 Å². The van der Waals surface area contributed by atoms with Crippen molar-refractivity contribution in [2.45, 2.75) is 6.18 Å². The minimum absolute atomic E-state index is 0.00227. The van der Waals surface area contributed by atoms with E-state index in [1.54, 1.807) is 0 Å². The van der Waals surface area contributed by atoms with Crippen molar-refractivity contribution in [1.82, 2.24) is 0 Å². The summed E-state index contributed by atoms with van der Waals surface area (Å²) in [5.41, 5.74) is -0.00542. The van der Waals surface area contributed by atoms with Gasteiger partial charge >= 0.3 is 6.18 Å². The summed E-state index contributed by atoms with van der Waals surface area (Å²) in [4.78, 5) is 23.3. The van der Waals surface area contributed by atoms with E-state index < -0.39 is 24.4 Å². The molecule has 0 saturated heterocycles. The first-order valence-electron chi connectivity index (χ1n) is 4.52. The SMILES string of the molecule is O=C1C(=O)N(CC(F)(F)F)c2cc(Br)ccc21. The molecule has 1 aliphatic rings. The highest BCUT2D eigenvalue weighted by Crippen LogP contribution is 2.33. The number of carbonyl (C=O) groups is 2. The van der Waals surface area contributed by atoms with Crippen LogP contribution in [0.3, 0.4) is 0 Å². The Kier molecular flexibility index (Phi) is 2.73. The first-order chi connectivity index (χ1) is 7.79. The van der Waals surface area contributed by atoms with Crippen molar-refractivity contribution < 1.29 is 22.8 Å². The smallest absolute Gasteiger partial charge is 0.296 e. The number of anilines is 1. The largest absolute Gasteiger partial charge is 0.406 e. The number of hydrogen-bond acceptors (Lipinski definition) is 2. The van der Waals surface area contributed by atoms with Gasteiger partial charge in [-0.05, 0) is 18.2 Å². The molecule has 0 bridgehead atoms. The standard InChI is InChI=1S/C10H5BrF3NO2/c11-5-1-2-6-7(3-5)15(4-10(12,13)14)9(17)8(6)16/h1-3H,4H2. The van der Waals surface area contributed by atoms with E-state index in [-0.39, 0.29) is 11.3 Å². The van der Waals surface area contributed by atoms with Crippen LogP contribution in [0.5, 0.6) is 0 Å². The van der Waals surface area contributed by atoms with Gasteiger partial charge in [0.1, 0.15) is 6.54 Å². The van der Waals surface area contributed by atoms with E-state index in [2.05, 4.69) is 15.9 Å². The van der Waals surface area contributed by atoms with Crippen molar-refractivity contribution in [2.24, 2.45) is 0 Å². The van der Waals surface area contributed by atoms with Gasteiger partial charge in [-0.1, -0.05) is 15.9 Å². The molecular weight excluding hydrogens is 303 g/mol. The minimum Gasteiger partial charge on any atom is -0.296 e. The molecule has 0 aromatic heterocycles. The van der Waals surface area contributed by atoms with Gasteiger partial charge in [-0.2, -0.15) is 13.2 Å². The van der Waals surface area contributed by atoms with Crippen LogP contribution >= 0.6 is 15.9 Å². The van der Waals surface area contributed by atoms with Crippen LogP contribution in [0, 0.1) is 0 Å². The first-order valence-corrected chi connectivity index (χ1v) is 5.31. The van der Waals surface area contributed by atoms with Crippen molar-refractivity contribution in [3.05, 3.63) is 28.2 Å². The molecule has 0 aliphatic carbocycles. The Morgan fingerprint density at radius 2 is 1.88 bits per heavy atom. The van der Waals surface area contributed by atoms with Crippen LogP contribution in [0.1, 0.15) is 10.4 Å². The summed E-state index contributed by atoms with van der Waals surface area (Å²) in [7, 11) is 0. The Labute approximate surface area is 102 Å². The van der Waals surface area contributed by atoms with Crippen molar-refractivity contribution in [1.29, 1.82) is 0 Å². The lowest BCUT2D eigenvalue weighted by molar-refractivity contribution is -0.129. The lowest BCUT2D eigenvalue weighted by atomic mass is 10.1. The topological polar surface area (TPSA) is 37.4 Å². The zero-order valence-electron chi connectivity index (χ0n) is 8.21. The number of alkyl halides is 3. The Morgan fingerprint density at radius 1 is 1.24 bits per heavy atom. The summed E-state index contributed by atoms with van der Waals surface area (Å²) in [6, 6.07) is 4.15. The Morgan fingerprint density at radius 3 is 2.47 bits per heavy atom. The predicted molar refractivity (Wildman–Crippen MR) is 56.9 cm³/mol. The van der Waals surface area contributed by atoms with Crippen molar-refractivity contribution in [3.8, 4) is 0 Å². The summed E-state index contributed by atoms with van der Waals surface area (Å²) in [6.45, 7) is -1.46. The first kappa shape index (κ1) is 12.1. The van der Waals surface area contributed by atoms with Gasteiger partial charge in [0, 0.05) is 4.47 Å². The van der Waals surface area contributed by atoms with E-state index in [1.807, 2.05) is 0 Å². The molecular formula is C10H5BrF3NO2. The van der Waals surface area contributed by atoms with Crippen LogP contribution in [0.15, 0.2) is 22.7 Å². The van der Waals surface area contributed by atoms with Crippen molar-refractivity contribution >= 4 is 33.3 Å². The van der Waals surface area contributed by atoms with Gasteiger partial charge in [-0.25, -0.2) is 0 Å². The van der Waals surface area contributed by atoms with E-state index in [0.717, 1.165) is 0 Å². The quantitative estimate of drug-likeness (QED) is 0.748. The van der Waals surface area contributed by atoms with Gasteiger partial charge in [-0.15, -0.1) is 0 Å².